The fraction of sp³-hybridized carbons (Fsp3) is 0.394. The number of aryl methyl sites for hydroxylation is 2. The minimum Gasteiger partial charge on any atom is -0.465 e. The van der Waals surface area contributed by atoms with Crippen LogP contribution in [0.25, 0.3) is 86.7 Å². The first-order chi connectivity index (χ1) is 36.4. The van der Waals surface area contributed by atoms with Crippen molar-refractivity contribution in [3.63, 3.8) is 0 Å². The molecule has 0 amide bonds. The van der Waals surface area contributed by atoms with Gasteiger partial charge in [0.25, 0.3) is 0 Å². The molecule has 0 aliphatic heterocycles. The second-order valence-electron chi connectivity index (χ2n) is 20.4. The average molecular weight is 1030 g/mol. The number of unbranched alkanes of at least 4 members (excludes halogenated alkanes) is 18. The predicted octanol–water partition coefficient (Wildman–Crippen LogP) is 20.1. The maximum absolute atomic E-state index is 12.8. The van der Waals surface area contributed by atoms with Crippen LogP contribution in [0.5, 0.6) is 0 Å². The first kappa shape index (κ1) is 52.9. The number of thiophene rings is 2. The largest absolute Gasteiger partial charge is 0.465 e. The summed E-state index contributed by atoms with van der Waals surface area (Å²) in [6, 6.07) is 44.2. The van der Waals surface area contributed by atoms with Crippen molar-refractivity contribution in [2.24, 2.45) is 0 Å². The van der Waals surface area contributed by atoms with Crippen molar-refractivity contribution in [1.29, 1.82) is 0 Å². The molecule has 0 radical (unpaired) electrons. The number of hydrogen-bond acceptors (Lipinski definition) is 6. The van der Waals surface area contributed by atoms with E-state index in [1.165, 1.54) is 218 Å². The highest BCUT2D eigenvalue weighted by molar-refractivity contribution is 7.17. The molecule has 9 rings (SSSR count). The van der Waals surface area contributed by atoms with Gasteiger partial charge in [0.1, 0.15) is 9.75 Å². The van der Waals surface area contributed by atoms with Crippen LogP contribution in [0.2, 0.25) is 0 Å². The lowest BCUT2D eigenvalue weighted by molar-refractivity contribution is 0.0597. The SMILES string of the molecule is CCCCCCCCCCCCn1c2ccc(-c3ccc(C(=O)OC)s3)cc2c2c(-c3ccccc3)c3c(c(-c4ccccc4)c21)c1cc(-c2ccc(C(=O)OC)s2)ccc1n3CCCCCCCCCCCC. The summed E-state index contributed by atoms with van der Waals surface area (Å²) in [5.74, 6) is -0.615. The van der Waals surface area contributed by atoms with Crippen LogP contribution in [-0.4, -0.2) is 35.3 Å². The first-order valence-corrected chi connectivity index (χ1v) is 29.6. The highest BCUT2D eigenvalue weighted by Gasteiger charge is 2.29. The number of carbonyl (C=O) groups is 2. The minimum absolute atomic E-state index is 0.307. The second-order valence-corrected chi connectivity index (χ2v) is 22.5. The molecule has 9 aromatic rings. The van der Waals surface area contributed by atoms with E-state index >= 15 is 0 Å². The molecule has 74 heavy (non-hydrogen) atoms. The van der Waals surface area contributed by atoms with Crippen LogP contribution in [0.3, 0.4) is 0 Å². The Hall–Kier alpha value is -5.96. The third-order valence-electron chi connectivity index (χ3n) is 15.3. The maximum atomic E-state index is 12.8. The Bertz CT molecular complexity index is 3060. The Balaban J connectivity index is 1.28. The topological polar surface area (TPSA) is 62.5 Å². The number of hydrogen-bond donors (Lipinski definition) is 0. The van der Waals surface area contributed by atoms with E-state index in [2.05, 4.69) is 132 Å². The number of ether oxygens (including phenoxy) is 2. The predicted molar refractivity (Wildman–Crippen MR) is 316 cm³/mol. The zero-order valence-electron chi connectivity index (χ0n) is 44.4. The third kappa shape index (κ3) is 11.8. The zero-order valence-corrected chi connectivity index (χ0v) is 46.1. The summed E-state index contributed by atoms with van der Waals surface area (Å²) in [4.78, 5) is 28.8. The van der Waals surface area contributed by atoms with Crippen molar-refractivity contribution in [1.82, 2.24) is 9.13 Å². The number of esters is 2. The third-order valence-corrected chi connectivity index (χ3v) is 17.5. The molecule has 0 fully saturated rings. The smallest absolute Gasteiger partial charge is 0.348 e. The number of fused-ring (bicyclic) bond motifs is 6. The molecule has 0 spiro atoms. The summed E-state index contributed by atoms with van der Waals surface area (Å²) < 4.78 is 15.7. The Morgan fingerprint density at radius 3 is 1.11 bits per heavy atom. The van der Waals surface area contributed by atoms with Gasteiger partial charge in [-0.2, -0.15) is 0 Å². The van der Waals surface area contributed by atoms with Gasteiger partial charge in [-0.15, -0.1) is 22.7 Å². The van der Waals surface area contributed by atoms with Gasteiger partial charge < -0.3 is 18.6 Å². The van der Waals surface area contributed by atoms with Gasteiger partial charge in [-0.1, -0.05) is 202 Å². The quantitative estimate of drug-likeness (QED) is 0.0362. The van der Waals surface area contributed by atoms with Crippen molar-refractivity contribution in [3.8, 4) is 43.1 Å². The first-order valence-electron chi connectivity index (χ1n) is 28.0. The number of nitrogens with zero attached hydrogens (tertiary/aromatic N) is 2. The van der Waals surface area contributed by atoms with Crippen molar-refractivity contribution < 1.29 is 19.1 Å². The van der Waals surface area contributed by atoms with E-state index in [4.69, 9.17) is 9.47 Å². The van der Waals surface area contributed by atoms with Crippen LogP contribution in [0.1, 0.15) is 162 Å². The molecule has 4 heterocycles. The molecule has 0 atom stereocenters. The molecule has 0 saturated heterocycles. The lowest BCUT2D eigenvalue weighted by atomic mass is 9.89. The van der Waals surface area contributed by atoms with Crippen LogP contribution in [0.15, 0.2) is 121 Å². The zero-order chi connectivity index (χ0) is 51.2. The van der Waals surface area contributed by atoms with Crippen LogP contribution in [-0.2, 0) is 22.6 Å². The van der Waals surface area contributed by atoms with Gasteiger partial charge in [0, 0.05) is 66.5 Å². The molecule has 0 unspecified atom stereocenters. The van der Waals surface area contributed by atoms with Crippen LogP contribution >= 0.6 is 22.7 Å². The van der Waals surface area contributed by atoms with Crippen LogP contribution in [0.4, 0.5) is 0 Å². The molecule has 0 aliphatic carbocycles. The molecule has 0 aliphatic rings. The molecule has 4 aromatic heterocycles. The van der Waals surface area contributed by atoms with Crippen molar-refractivity contribution in [2.75, 3.05) is 14.2 Å². The second kappa shape index (κ2) is 26.0. The number of methoxy groups -OCH3 is 2. The molecule has 0 bridgehead atoms. The average Bonchev–Trinajstić information content (AvgIpc) is 4.26. The van der Waals surface area contributed by atoms with E-state index in [0.717, 1.165) is 46.8 Å². The molecule has 386 valence electrons. The fourth-order valence-electron chi connectivity index (χ4n) is 11.4. The Labute approximate surface area is 447 Å². The molecule has 0 saturated carbocycles. The Kier molecular flexibility index (Phi) is 18.6. The van der Waals surface area contributed by atoms with E-state index in [1.807, 2.05) is 12.1 Å². The molecule has 5 aromatic carbocycles. The van der Waals surface area contributed by atoms with Gasteiger partial charge in [-0.05, 0) is 83.6 Å². The van der Waals surface area contributed by atoms with Crippen molar-refractivity contribution in [2.45, 2.75) is 155 Å². The van der Waals surface area contributed by atoms with Crippen molar-refractivity contribution in [3.05, 3.63) is 131 Å². The Morgan fingerprint density at radius 2 is 0.757 bits per heavy atom. The lowest BCUT2D eigenvalue weighted by Crippen LogP contribution is -2.02. The summed E-state index contributed by atoms with van der Waals surface area (Å²) in [6.07, 6.45) is 25.6. The fourth-order valence-corrected chi connectivity index (χ4v) is 13.3. The highest BCUT2D eigenvalue weighted by atomic mass is 32.1. The summed E-state index contributed by atoms with van der Waals surface area (Å²) in [5.41, 5.74) is 12.1. The van der Waals surface area contributed by atoms with Gasteiger partial charge in [0.05, 0.1) is 25.3 Å². The van der Waals surface area contributed by atoms with Gasteiger partial charge in [-0.3, -0.25) is 0 Å². The molecular weight excluding hydrogens is 949 g/mol. The standard InChI is InChI=1S/C66H76N2O4S2/c1-5-7-9-11-13-15-17-19-21-29-43-67-53-37-35-49(55-39-41-57(73-55)65(69)71-3)45-51(53)61-60(48-33-27-24-28-34-48)64-62(59(63(61)67)47-31-25-23-26-32-47)52-46-50(56-40-42-58(74-56)66(70)72-4)36-38-54(52)68(64)44-30-22-20-18-16-14-12-10-8-6-2/h23-28,31-42,45-46H,5-22,29-30,43-44H2,1-4H3. The molecule has 0 N–H and O–H groups in total. The van der Waals surface area contributed by atoms with E-state index < -0.39 is 0 Å². The number of benzene rings is 5. The molecule has 6 nitrogen and oxygen atoms in total. The molecule has 8 heteroatoms. The van der Waals surface area contributed by atoms with E-state index in [-0.39, 0.29) is 11.9 Å². The number of aromatic nitrogens is 2. The lowest BCUT2D eigenvalue weighted by Gasteiger charge is -2.18. The van der Waals surface area contributed by atoms with E-state index in [9.17, 15) is 9.59 Å². The van der Waals surface area contributed by atoms with Gasteiger partial charge in [0.2, 0.25) is 0 Å². The highest BCUT2D eigenvalue weighted by Crippen LogP contribution is 2.52. The number of rotatable bonds is 28. The monoisotopic (exact) mass is 1020 g/mol. The summed E-state index contributed by atoms with van der Waals surface area (Å²) in [5, 5.41) is 4.98. The maximum Gasteiger partial charge on any atom is 0.348 e. The van der Waals surface area contributed by atoms with Crippen LogP contribution < -0.4 is 0 Å². The van der Waals surface area contributed by atoms with E-state index in [1.54, 1.807) is 0 Å². The summed E-state index contributed by atoms with van der Waals surface area (Å²) in [6.45, 7) is 6.38. The minimum atomic E-state index is -0.307. The number of carbonyl (C=O) groups excluding carboxylic acids is 2. The summed E-state index contributed by atoms with van der Waals surface area (Å²) in [7, 11) is 2.90. The van der Waals surface area contributed by atoms with Gasteiger partial charge >= 0.3 is 11.9 Å². The van der Waals surface area contributed by atoms with Crippen molar-refractivity contribution >= 4 is 78.2 Å². The van der Waals surface area contributed by atoms with Gasteiger partial charge in [-0.25, -0.2) is 9.59 Å². The molecular formula is C66H76N2O4S2. The van der Waals surface area contributed by atoms with Gasteiger partial charge in [0.15, 0.2) is 0 Å². The summed E-state index contributed by atoms with van der Waals surface area (Å²) >= 11 is 2.98. The normalized spacial score (nSPS) is 11.7. The van der Waals surface area contributed by atoms with E-state index in [0.29, 0.717) is 9.75 Å². The van der Waals surface area contributed by atoms with Crippen LogP contribution in [0, 0.1) is 0 Å². The Morgan fingerprint density at radius 1 is 0.405 bits per heavy atom.